The van der Waals surface area contributed by atoms with Gasteiger partial charge in [-0.05, 0) is 60.2 Å². The molecule has 136 valence electrons. The lowest BCUT2D eigenvalue weighted by Crippen LogP contribution is -2.34. The molecule has 2 aromatic rings. The van der Waals surface area contributed by atoms with Crippen molar-refractivity contribution in [1.29, 1.82) is 0 Å². The standard InChI is InChI=1S/C21H21F2NO2/c22-16-6-7-19(23)18(10-16)15-9-20(14-2-1-3-17(25)8-14)24(11-15)12-21(26)13-4-5-13/h1-3,6-10,13,20-21,25-26H,4-5,11-12H2/t20-,21-/m0/s1. The summed E-state index contributed by atoms with van der Waals surface area (Å²) in [5.41, 5.74) is 1.80. The molecular formula is C21H21F2NO2. The Kier molecular flexibility index (Phi) is 4.51. The second kappa shape index (κ2) is 6.82. The first-order valence-corrected chi connectivity index (χ1v) is 8.88. The maximum absolute atomic E-state index is 14.2. The number of aliphatic hydroxyl groups excluding tert-OH is 1. The molecular weight excluding hydrogens is 336 g/mol. The summed E-state index contributed by atoms with van der Waals surface area (Å²) in [5.74, 6) is -0.455. The van der Waals surface area contributed by atoms with E-state index in [0.717, 1.165) is 30.5 Å². The number of rotatable bonds is 5. The lowest BCUT2D eigenvalue weighted by atomic mass is 10.0. The van der Waals surface area contributed by atoms with Gasteiger partial charge < -0.3 is 10.2 Å². The van der Waals surface area contributed by atoms with E-state index >= 15 is 0 Å². The summed E-state index contributed by atoms with van der Waals surface area (Å²) in [6.45, 7) is 0.881. The number of phenolic OH excluding ortho intramolecular Hbond substituents is 1. The third-order valence-corrected chi connectivity index (χ3v) is 5.20. The van der Waals surface area contributed by atoms with Crippen LogP contribution >= 0.6 is 0 Å². The minimum absolute atomic E-state index is 0.156. The Morgan fingerprint density at radius 2 is 1.92 bits per heavy atom. The molecule has 2 aliphatic rings. The summed E-state index contributed by atoms with van der Waals surface area (Å²) in [6.07, 6.45) is 3.53. The zero-order valence-corrected chi connectivity index (χ0v) is 14.3. The Labute approximate surface area is 151 Å². The normalized spacial score (nSPS) is 21.7. The van der Waals surface area contributed by atoms with Crippen LogP contribution in [-0.4, -0.2) is 34.3 Å². The number of hydrogen-bond donors (Lipinski definition) is 2. The highest BCUT2D eigenvalue weighted by atomic mass is 19.1. The Morgan fingerprint density at radius 1 is 1.12 bits per heavy atom. The molecule has 26 heavy (non-hydrogen) atoms. The van der Waals surface area contributed by atoms with Gasteiger partial charge in [-0.1, -0.05) is 18.2 Å². The van der Waals surface area contributed by atoms with Crippen LogP contribution in [0.1, 0.15) is 30.0 Å². The maximum Gasteiger partial charge on any atom is 0.130 e. The van der Waals surface area contributed by atoms with Gasteiger partial charge in [0.25, 0.3) is 0 Å². The van der Waals surface area contributed by atoms with Gasteiger partial charge >= 0.3 is 0 Å². The molecule has 1 saturated carbocycles. The summed E-state index contributed by atoms with van der Waals surface area (Å²) in [4.78, 5) is 2.05. The van der Waals surface area contributed by atoms with Gasteiger partial charge in [0.15, 0.2) is 0 Å². The summed E-state index contributed by atoms with van der Waals surface area (Å²) < 4.78 is 27.8. The Balaban J connectivity index is 1.67. The third kappa shape index (κ3) is 3.50. The Morgan fingerprint density at radius 3 is 2.65 bits per heavy atom. The van der Waals surface area contributed by atoms with Gasteiger partial charge in [0.1, 0.15) is 17.4 Å². The largest absolute Gasteiger partial charge is 0.508 e. The smallest absolute Gasteiger partial charge is 0.130 e. The molecule has 1 aliphatic heterocycles. The fourth-order valence-electron chi connectivity index (χ4n) is 3.65. The summed E-state index contributed by atoms with van der Waals surface area (Å²) in [6, 6.07) is 10.2. The summed E-state index contributed by atoms with van der Waals surface area (Å²) in [7, 11) is 0. The summed E-state index contributed by atoms with van der Waals surface area (Å²) >= 11 is 0. The number of aromatic hydroxyl groups is 1. The van der Waals surface area contributed by atoms with Crippen LogP contribution in [0.3, 0.4) is 0 Å². The maximum atomic E-state index is 14.2. The fraction of sp³-hybridized carbons (Fsp3) is 0.333. The molecule has 2 N–H and O–H groups in total. The SMILES string of the molecule is Oc1cccc([C@@H]2C=C(c3cc(F)ccc3F)CN2C[C@H](O)C2CC2)c1. The van der Waals surface area contributed by atoms with Crippen molar-refractivity contribution in [2.75, 3.05) is 13.1 Å². The molecule has 2 aromatic carbocycles. The molecule has 0 bridgehead atoms. The number of halogens is 2. The molecule has 0 radical (unpaired) electrons. The third-order valence-electron chi connectivity index (χ3n) is 5.20. The van der Waals surface area contributed by atoms with Gasteiger partial charge in [0, 0.05) is 18.7 Å². The highest BCUT2D eigenvalue weighted by Crippen LogP contribution is 2.39. The molecule has 1 heterocycles. The first kappa shape index (κ1) is 17.2. The van der Waals surface area contributed by atoms with Crippen molar-refractivity contribution in [3.63, 3.8) is 0 Å². The zero-order valence-electron chi connectivity index (χ0n) is 14.3. The van der Waals surface area contributed by atoms with Crippen LogP contribution in [0.15, 0.2) is 48.5 Å². The summed E-state index contributed by atoms with van der Waals surface area (Å²) in [5, 5.41) is 20.2. The van der Waals surface area contributed by atoms with Crippen LogP contribution in [0, 0.1) is 17.6 Å². The quantitative estimate of drug-likeness (QED) is 0.853. The molecule has 5 heteroatoms. The minimum atomic E-state index is -0.479. The first-order chi connectivity index (χ1) is 12.5. The van der Waals surface area contributed by atoms with Crippen LogP contribution < -0.4 is 0 Å². The number of β-amino-alcohol motifs (C(OH)–C–C–N with tert-alkyl or cyclic N) is 1. The van der Waals surface area contributed by atoms with Crippen molar-refractivity contribution in [2.24, 2.45) is 5.92 Å². The van der Waals surface area contributed by atoms with Gasteiger partial charge in [-0.15, -0.1) is 0 Å². The van der Waals surface area contributed by atoms with E-state index < -0.39 is 17.7 Å². The van der Waals surface area contributed by atoms with E-state index in [1.165, 1.54) is 6.07 Å². The topological polar surface area (TPSA) is 43.7 Å². The monoisotopic (exact) mass is 357 g/mol. The average Bonchev–Trinajstić information content (AvgIpc) is 3.38. The van der Waals surface area contributed by atoms with Gasteiger partial charge in [0.2, 0.25) is 0 Å². The molecule has 1 fully saturated rings. The van der Waals surface area contributed by atoms with E-state index in [4.69, 9.17) is 0 Å². The Bertz CT molecular complexity index is 848. The minimum Gasteiger partial charge on any atom is -0.508 e. The molecule has 0 amide bonds. The van der Waals surface area contributed by atoms with Crippen molar-refractivity contribution >= 4 is 5.57 Å². The molecule has 0 spiro atoms. The number of phenols is 1. The zero-order chi connectivity index (χ0) is 18.3. The van der Waals surface area contributed by atoms with Crippen molar-refractivity contribution < 1.29 is 19.0 Å². The van der Waals surface area contributed by atoms with E-state index in [-0.39, 0.29) is 17.4 Å². The Hall–Kier alpha value is -2.24. The second-order valence-electron chi connectivity index (χ2n) is 7.19. The van der Waals surface area contributed by atoms with E-state index in [1.807, 2.05) is 12.1 Å². The molecule has 2 atom stereocenters. The van der Waals surface area contributed by atoms with Gasteiger partial charge in [-0.2, -0.15) is 0 Å². The predicted octanol–water partition coefficient (Wildman–Crippen LogP) is 3.88. The van der Waals surface area contributed by atoms with Crippen LogP contribution in [0.25, 0.3) is 5.57 Å². The number of hydrogen-bond acceptors (Lipinski definition) is 3. The van der Waals surface area contributed by atoms with Gasteiger partial charge in [-0.3, -0.25) is 4.90 Å². The van der Waals surface area contributed by atoms with E-state index in [9.17, 15) is 19.0 Å². The van der Waals surface area contributed by atoms with Crippen molar-refractivity contribution in [3.8, 4) is 5.75 Å². The van der Waals surface area contributed by atoms with E-state index in [0.29, 0.717) is 24.6 Å². The van der Waals surface area contributed by atoms with Crippen LogP contribution in [0.5, 0.6) is 5.75 Å². The molecule has 0 unspecified atom stereocenters. The van der Waals surface area contributed by atoms with Crippen LogP contribution in [0.2, 0.25) is 0 Å². The molecule has 3 nitrogen and oxygen atoms in total. The van der Waals surface area contributed by atoms with Crippen LogP contribution in [0.4, 0.5) is 8.78 Å². The van der Waals surface area contributed by atoms with Crippen molar-refractivity contribution in [3.05, 3.63) is 71.3 Å². The van der Waals surface area contributed by atoms with Crippen molar-refractivity contribution in [2.45, 2.75) is 25.0 Å². The van der Waals surface area contributed by atoms with E-state index in [1.54, 1.807) is 18.2 Å². The number of aliphatic hydroxyl groups is 1. The highest BCUT2D eigenvalue weighted by Gasteiger charge is 2.35. The number of benzene rings is 2. The van der Waals surface area contributed by atoms with Crippen molar-refractivity contribution in [1.82, 2.24) is 4.90 Å². The fourth-order valence-corrected chi connectivity index (χ4v) is 3.65. The molecule has 1 aliphatic carbocycles. The predicted molar refractivity (Wildman–Crippen MR) is 95.5 cm³/mol. The lowest BCUT2D eigenvalue weighted by molar-refractivity contribution is 0.0937. The number of nitrogens with zero attached hydrogens (tertiary/aromatic N) is 1. The van der Waals surface area contributed by atoms with Crippen LogP contribution in [-0.2, 0) is 0 Å². The van der Waals surface area contributed by atoms with E-state index in [2.05, 4.69) is 4.90 Å². The highest BCUT2D eigenvalue weighted by molar-refractivity contribution is 5.70. The molecule has 0 aromatic heterocycles. The van der Waals surface area contributed by atoms with Gasteiger partial charge in [0.05, 0.1) is 12.1 Å². The lowest BCUT2D eigenvalue weighted by Gasteiger charge is -2.27. The average molecular weight is 357 g/mol. The first-order valence-electron chi connectivity index (χ1n) is 8.88. The molecule has 0 saturated heterocycles. The molecule has 4 rings (SSSR count). The van der Waals surface area contributed by atoms with Gasteiger partial charge in [-0.25, -0.2) is 8.78 Å². The second-order valence-corrected chi connectivity index (χ2v) is 7.19.